The number of ether oxygens (including phenoxy) is 6. The quantitative estimate of drug-likeness (QED) is 0.0324. The number of rotatable bonds is 24. The summed E-state index contributed by atoms with van der Waals surface area (Å²) in [6.07, 6.45) is 11.2. The Labute approximate surface area is 826 Å². The van der Waals surface area contributed by atoms with Crippen LogP contribution in [0.2, 0.25) is 0 Å². The number of aryl methyl sites for hydroxylation is 8. The van der Waals surface area contributed by atoms with E-state index in [2.05, 4.69) is 263 Å². The monoisotopic (exact) mass is 1930 g/mol. The van der Waals surface area contributed by atoms with Crippen molar-refractivity contribution in [3.63, 3.8) is 0 Å². The highest BCUT2D eigenvalue weighted by Crippen LogP contribution is 2.67. The van der Waals surface area contributed by atoms with E-state index in [0.29, 0.717) is 30.8 Å². The molecule has 12 aromatic carbocycles. The molecule has 18 heteroatoms. The van der Waals surface area contributed by atoms with Crippen molar-refractivity contribution in [3.8, 4) is 23.0 Å². The van der Waals surface area contributed by atoms with Gasteiger partial charge in [-0.3, -0.25) is 14.4 Å². The first-order valence-electron chi connectivity index (χ1n) is 47.9. The second-order valence-corrected chi connectivity index (χ2v) is 48.0. The van der Waals surface area contributed by atoms with Gasteiger partial charge in [0.15, 0.2) is 65.4 Å². The number of alkyl halides is 3. The van der Waals surface area contributed by atoms with Crippen LogP contribution in [-0.4, -0.2) is 54.8 Å². The van der Waals surface area contributed by atoms with Crippen LogP contribution in [-0.2, 0) is 77.0 Å². The molecule has 9 aliphatic carbocycles. The summed E-state index contributed by atoms with van der Waals surface area (Å²) in [6, 6.07) is 101. The average molecular weight is 1930 g/mol. The van der Waals surface area contributed by atoms with Gasteiger partial charge in [-0.25, -0.2) is 9.59 Å². The molecule has 22 rings (SSSR count). The molecular formula is C120H131F3O11S4+4. The Hall–Kier alpha value is -11.0. The van der Waals surface area contributed by atoms with Gasteiger partial charge in [0.2, 0.25) is 5.60 Å². The Bertz CT molecular complexity index is 5960. The van der Waals surface area contributed by atoms with Crippen LogP contribution in [0.4, 0.5) is 13.2 Å². The number of fused-ring (bicyclic) bond motifs is 2. The van der Waals surface area contributed by atoms with Crippen LogP contribution in [0.15, 0.2) is 350 Å². The molecule has 0 N–H and O–H groups in total. The molecule has 1 saturated heterocycles. The van der Waals surface area contributed by atoms with Crippen LogP contribution < -0.4 is 18.9 Å². The smallest absolute Gasteiger partial charge is 0.392 e. The summed E-state index contributed by atoms with van der Waals surface area (Å²) < 4.78 is 71.0. The number of hydrogen-bond acceptors (Lipinski definition) is 11. The van der Waals surface area contributed by atoms with E-state index in [1.807, 2.05) is 109 Å². The van der Waals surface area contributed by atoms with Crippen LogP contribution in [0, 0.1) is 113 Å². The number of benzene rings is 12. The molecule has 0 spiro atoms. The molecule has 138 heavy (non-hydrogen) atoms. The summed E-state index contributed by atoms with van der Waals surface area (Å²) in [6.45, 7) is 20.7. The summed E-state index contributed by atoms with van der Waals surface area (Å²) in [5, 5.41) is 0. The van der Waals surface area contributed by atoms with Gasteiger partial charge in [-0.15, -0.1) is 0 Å². The first-order chi connectivity index (χ1) is 65.3. The number of esters is 5. The van der Waals surface area contributed by atoms with E-state index in [-0.39, 0.29) is 87.2 Å². The normalized spacial score (nSPS) is 22.3. The molecule has 12 aromatic rings. The van der Waals surface area contributed by atoms with E-state index in [1.54, 1.807) is 0 Å². The Balaban J connectivity index is 0.000000139. The minimum atomic E-state index is -4.36. The third-order valence-corrected chi connectivity index (χ3v) is 38.4. The Morgan fingerprint density at radius 2 is 0.609 bits per heavy atom. The maximum atomic E-state index is 13.6. The second-order valence-electron chi connectivity index (χ2n) is 39.9. The van der Waals surface area contributed by atoms with Gasteiger partial charge in [0.1, 0.15) is 29.6 Å². The van der Waals surface area contributed by atoms with Crippen molar-refractivity contribution in [2.45, 2.75) is 264 Å². The topological polar surface area (TPSA) is 141 Å². The van der Waals surface area contributed by atoms with Crippen molar-refractivity contribution in [1.82, 2.24) is 0 Å². The molecule has 1 aliphatic heterocycles. The van der Waals surface area contributed by atoms with Gasteiger partial charge in [-0.05, 0) is 335 Å². The summed E-state index contributed by atoms with van der Waals surface area (Å²) in [5.41, 5.74) is 5.08. The molecule has 1 heterocycles. The summed E-state index contributed by atoms with van der Waals surface area (Å²) in [4.78, 5) is 79.6. The minimum Gasteiger partial charge on any atom is -0.481 e. The lowest BCUT2D eigenvalue weighted by molar-refractivity contribution is -0.176. The van der Waals surface area contributed by atoms with Crippen LogP contribution in [0.25, 0.3) is 0 Å². The van der Waals surface area contributed by atoms with E-state index in [0.717, 1.165) is 121 Å². The summed E-state index contributed by atoms with van der Waals surface area (Å²) >= 11 is 0. The van der Waals surface area contributed by atoms with Crippen LogP contribution in [0.5, 0.6) is 23.0 Å². The third kappa shape index (κ3) is 21.9. The minimum absolute atomic E-state index is 0. The van der Waals surface area contributed by atoms with Crippen molar-refractivity contribution in [2.75, 3.05) is 13.2 Å². The number of carbonyl (C=O) groups excluding carboxylic acids is 5. The standard InChI is InChI=1S/C32H35O2S.C31H33O2S.C30H31O4S.C25H24F3O3S.2CH4/c1-22-13-29(35(27-9-5-3-6-10-27)28-11-7-4-8-12-28)14-23(2)31(22)34-30(33)21-32-18-24-15-25(19-32)17-26(16-24)20-32;1-21-13-28(34(26-9-5-3-6-10-26)27-11-7-4-8-12-27)14-22(2)29(21)33-30(32)31-18-23-15-24(19-31)17-25(16-23)20-31;1-20-18-24(35(22-12-8-6-9-13-22)23-14-10-7-11-15-23)19-21(2)25(20)33-27(32)30-17-16-29(5,26(31)34-30)28(30,3)4;1-18-15-22(32(20-9-5-3-6-10-20)21-11-7-4-8-12-21)16-19(2)24(18)31-17-23(29)30-14-13-25(26,27)28;;/h3-14,24-26H,15-21H2,1-2H3;3-14,23-25H,15-20H2,1-2H3;6-15,18-19H,16-17H2,1-5H3;3-12,15-16H,13-14,17H2,1-2H3;2*1H4/q4*+1;;. The zero-order chi connectivity index (χ0) is 95.4. The highest BCUT2D eigenvalue weighted by atomic mass is 32.2. The molecule has 10 aliphatic rings. The van der Waals surface area contributed by atoms with E-state index in [1.165, 1.54) is 107 Å². The highest BCUT2D eigenvalue weighted by Gasteiger charge is 2.77. The SMILES string of the molecule is C.C.Cc1cc([S+](c2ccccc2)c2ccccc2)cc(C)c1OC(=O)C12CC3CC(CC(C3)C1)C2.Cc1cc([S+](c2ccccc2)c2ccccc2)cc(C)c1OC(=O)C12CCC(C)(C(=O)O1)C2(C)C.Cc1cc([S+](c2ccccc2)c2ccccc2)cc(C)c1OC(=O)CC12CC3CC(CC(C3)C1)C2.Cc1cc([S+](c2ccccc2)c2ccccc2)cc(C)c1OCC(=O)OCCC(F)(F)F. The van der Waals surface area contributed by atoms with Crippen molar-refractivity contribution >= 4 is 73.4 Å². The third-order valence-electron chi connectivity index (χ3n) is 29.7. The van der Waals surface area contributed by atoms with Gasteiger partial charge < -0.3 is 28.4 Å². The summed E-state index contributed by atoms with van der Waals surface area (Å²) in [7, 11) is -1.03. The molecule has 11 nitrogen and oxygen atoms in total. The lowest BCUT2D eigenvalue weighted by atomic mass is 9.49. The van der Waals surface area contributed by atoms with Gasteiger partial charge in [0.05, 0.1) is 67.3 Å². The first kappa shape index (κ1) is 101. The van der Waals surface area contributed by atoms with Gasteiger partial charge in [0.25, 0.3) is 0 Å². The van der Waals surface area contributed by atoms with Gasteiger partial charge in [-0.1, -0.05) is 174 Å². The van der Waals surface area contributed by atoms with E-state index in [9.17, 15) is 37.1 Å². The molecule has 0 amide bonds. The maximum absolute atomic E-state index is 13.6. The fourth-order valence-electron chi connectivity index (χ4n) is 23.8. The zero-order valence-corrected chi connectivity index (χ0v) is 82.9. The first-order valence-corrected chi connectivity index (χ1v) is 52.8. The molecule has 0 aromatic heterocycles. The molecule has 9 saturated carbocycles. The molecule has 718 valence electrons. The molecular weight excluding hydrogens is 1800 g/mol. The number of carbonyl (C=O) groups is 5. The van der Waals surface area contributed by atoms with Crippen LogP contribution in [0.1, 0.15) is 183 Å². The van der Waals surface area contributed by atoms with Gasteiger partial charge in [-0.2, -0.15) is 13.2 Å². The number of hydrogen-bond donors (Lipinski definition) is 0. The molecule has 10 fully saturated rings. The molecule has 10 bridgehead atoms. The molecule has 0 radical (unpaired) electrons. The Morgan fingerprint density at radius 1 is 0.348 bits per heavy atom. The largest absolute Gasteiger partial charge is 0.481 e. The van der Waals surface area contributed by atoms with Gasteiger partial charge in [0, 0.05) is 53.9 Å². The van der Waals surface area contributed by atoms with Crippen molar-refractivity contribution < 1.29 is 65.6 Å². The Morgan fingerprint density at radius 3 is 0.870 bits per heavy atom. The van der Waals surface area contributed by atoms with E-state index < -0.39 is 54.2 Å². The summed E-state index contributed by atoms with van der Waals surface area (Å²) in [5.74, 6) is 5.79. The van der Waals surface area contributed by atoms with Crippen molar-refractivity contribution in [2.24, 2.45) is 57.2 Å². The predicted octanol–water partition coefficient (Wildman–Crippen LogP) is 29.4. The highest BCUT2D eigenvalue weighted by molar-refractivity contribution is 7.98. The average Bonchev–Trinajstić information content (AvgIpc) is 1.52. The fraction of sp³-hybridized carbons (Fsp3) is 0.358. The van der Waals surface area contributed by atoms with Crippen LogP contribution >= 0.6 is 0 Å². The van der Waals surface area contributed by atoms with Crippen molar-refractivity contribution in [3.05, 3.63) is 336 Å². The van der Waals surface area contributed by atoms with E-state index >= 15 is 0 Å². The number of halogens is 3. The second kappa shape index (κ2) is 43.0. The molecule has 2 atom stereocenters. The van der Waals surface area contributed by atoms with Crippen LogP contribution in [0.3, 0.4) is 0 Å². The maximum Gasteiger partial charge on any atom is 0.392 e. The van der Waals surface area contributed by atoms with Crippen molar-refractivity contribution in [1.29, 1.82) is 0 Å². The lowest BCUT2D eigenvalue weighted by Crippen LogP contribution is -2.51. The fourth-order valence-corrected chi connectivity index (χ4v) is 32.8. The van der Waals surface area contributed by atoms with Gasteiger partial charge >= 0.3 is 36.0 Å². The predicted molar refractivity (Wildman–Crippen MR) is 547 cm³/mol. The zero-order valence-electron chi connectivity index (χ0n) is 79.7. The molecule has 2 unspecified atom stereocenters. The lowest BCUT2D eigenvalue weighted by Gasteiger charge is -2.56. The van der Waals surface area contributed by atoms with E-state index in [4.69, 9.17) is 23.7 Å². The Kier molecular flexibility index (Phi) is 31.6.